The molecule has 0 aliphatic rings. The van der Waals surface area contributed by atoms with Gasteiger partial charge in [-0.1, -0.05) is 32.4 Å². The number of aryl methyl sites for hydroxylation is 1. The Morgan fingerprint density at radius 3 is 2.73 bits per heavy atom. The van der Waals surface area contributed by atoms with Crippen molar-refractivity contribution < 1.29 is 4.74 Å². The number of thiazole rings is 2. The highest BCUT2D eigenvalue weighted by Crippen LogP contribution is 2.26. The third-order valence-corrected chi connectivity index (χ3v) is 6.72. The molecule has 1 aromatic carbocycles. The number of halogens is 1. The van der Waals surface area contributed by atoms with Gasteiger partial charge in [0.05, 0.1) is 29.9 Å². The first-order valence-corrected chi connectivity index (χ1v) is 11.3. The van der Waals surface area contributed by atoms with E-state index in [-0.39, 0.29) is 11.3 Å². The molecule has 2 heterocycles. The minimum atomic E-state index is -0.0432. The minimum absolute atomic E-state index is 0.0432. The van der Waals surface area contributed by atoms with Gasteiger partial charge in [0.2, 0.25) is 6.19 Å². The van der Waals surface area contributed by atoms with Crippen molar-refractivity contribution in [2.45, 2.75) is 39.7 Å². The fraction of sp³-hybridized carbons (Fsp3) is 0.333. The first-order valence-electron chi connectivity index (χ1n) is 9.18. The predicted molar refractivity (Wildman–Crippen MR) is 123 cm³/mol. The van der Waals surface area contributed by atoms with E-state index in [1.165, 1.54) is 4.88 Å². The first-order chi connectivity index (χ1) is 14.2. The van der Waals surface area contributed by atoms with Gasteiger partial charge in [0, 0.05) is 21.5 Å². The summed E-state index contributed by atoms with van der Waals surface area (Å²) < 4.78 is 7.48. The molecule has 0 saturated carbocycles. The van der Waals surface area contributed by atoms with Crippen LogP contribution in [0.15, 0.2) is 39.8 Å². The van der Waals surface area contributed by atoms with Crippen molar-refractivity contribution in [2.75, 3.05) is 7.11 Å². The second kappa shape index (κ2) is 9.13. The summed E-state index contributed by atoms with van der Waals surface area (Å²) in [5, 5.41) is 12.8. The molecule has 0 amide bonds. The third kappa shape index (κ3) is 5.17. The van der Waals surface area contributed by atoms with E-state index in [2.05, 4.69) is 36.9 Å². The summed E-state index contributed by atoms with van der Waals surface area (Å²) in [6, 6.07) is 5.16. The number of aromatic nitrogens is 2. The zero-order valence-corrected chi connectivity index (χ0v) is 19.8. The summed E-state index contributed by atoms with van der Waals surface area (Å²) in [6.07, 6.45) is 3.94. The number of hydrogen-bond acceptors (Lipinski definition) is 6. The molecule has 0 aliphatic heterocycles. The van der Waals surface area contributed by atoms with Crippen molar-refractivity contribution in [3.05, 3.63) is 60.7 Å². The summed E-state index contributed by atoms with van der Waals surface area (Å²) in [5.74, 6) is 0.800. The van der Waals surface area contributed by atoms with Gasteiger partial charge >= 0.3 is 0 Å². The highest BCUT2D eigenvalue weighted by molar-refractivity contribution is 7.09. The van der Waals surface area contributed by atoms with Gasteiger partial charge in [-0.05, 0) is 30.5 Å². The topological polar surface area (TPSA) is 75.6 Å². The number of rotatable bonds is 4. The Labute approximate surface area is 188 Å². The van der Waals surface area contributed by atoms with Crippen LogP contribution >= 0.6 is 34.3 Å². The number of hydrogen-bond donors (Lipinski definition) is 0. The lowest BCUT2D eigenvalue weighted by atomic mass is 9.95. The Balaban J connectivity index is 2.18. The molecule has 0 fully saturated rings. The fourth-order valence-corrected chi connectivity index (χ4v) is 4.55. The number of methoxy groups -OCH3 is 1. The molecule has 0 N–H and O–H groups in total. The smallest absolute Gasteiger partial charge is 0.207 e. The van der Waals surface area contributed by atoms with Gasteiger partial charge < -0.3 is 9.30 Å². The van der Waals surface area contributed by atoms with Crippen molar-refractivity contribution in [3.8, 4) is 11.9 Å². The van der Waals surface area contributed by atoms with E-state index < -0.39 is 0 Å². The maximum Gasteiger partial charge on any atom is 0.207 e. The van der Waals surface area contributed by atoms with Crippen molar-refractivity contribution in [2.24, 2.45) is 9.98 Å². The summed E-state index contributed by atoms with van der Waals surface area (Å²) in [7, 11) is 1.56. The summed E-state index contributed by atoms with van der Waals surface area (Å²) >= 11 is 9.37. The van der Waals surface area contributed by atoms with Gasteiger partial charge in [-0.25, -0.2) is 4.98 Å². The standard InChI is InChI=1S/C21H22ClN5OS2/c1-13-25-15(11-29-13)9-27-10-18(21(2,3)4)30-20(27)26-19(24-12-23)16-8-14(22)6-7-17(16)28-5/h6-8,10-11H,9H2,1-5H3/b24-19?,26-20-. The Morgan fingerprint density at radius 2 is 2.13 bits per heavy atom. The van der Waals surface area contributed by atoms with Crippen LogP contribution in [0.25, 0.3) is 0 Å². The van der Waals surface area contributed by atoms with Crippen LogP contribution in [0.2, 0.25) is 5.02 Å². The Kier molecular flexibility index (Phi) is 6.76. The molecule has 0 aliphatic carbocycles. The highest BCUT2D eigenvalue weighted by atomic mass is 35.5. The highest BCUT2D eigenvalue weighted by Gasteiger charge is 2.19. The first kappa shape index (κ1) is 22.2. The van der Waals surface area contributed by atoms with E-state index in [0.717, 1.165) is 15.5 Å². The van der Waals surface area contributed by atoms with Crippen molar-refractivity contribution in [1.82, 2.24) is 9.55 Å². The van der Waals surface area contributed by atoms with E-state index in [4.69, 9.17) is 21.3 Å². The van der Waals surface area contributed by atoms with E-state index in [1.807, 2.05) is 23.1 Å². The number of aliphatic imine (C=N–C) groups is 1. The van der Waals surface area contributed by atoms with Crippen LogP contribution in [0, 0.1) is 18.4 Å². The van der Waals surface area contributed by atoms with E-state index in [1.54, 1.807) is 48.0 Å². The van der Waals surface area contributed by atoms with Gasteiger partial charge in [-0.3, -0.25) is 0 Å². The van der Waals surface area contributed by atoms with Crippen molar-refractivity contribution >= 4 is 40.1 Å². The molecular weight excluding hydrogens is 438 g/mol. The number of nitrogens with zero attached hydrogens (tertiary/aromatic N) is 5. The second-order valence-corrected chi connectivity index (χ2v) is 10.1. The van der Waals surface area contributed by atoms with Gasteiger partial charge in [-0.15, -0.1) is 22.7 Å². The molecule has 0 saturated heterocycles. The lowest BCUT2D eigenvalue weighted by Gasteiger charge is -2.14. The van der Waals surface area contributed by atoms with Gasteiger partial charge in [0.25, 0.3) is 0 Å². The Morgan fingerprint density at radius 1 is 1.37 bits per heavy atom. The molecule has 30 heavy (non-hydrogen) atoms. The van der Waals surface area contributed by atoms with Crippen LogP contribution in [-0.2, 0) is 12.0 Å². The maximum atomic E-state index is 9.27. The van der Waals surface area contributed by atoms with Crippen LogP contribution in [0.4, 0.5) is 0 Å². The molecule has 3 rings (SSSR count). The summed E-state index contributed by atoms with van der Waals surface area (Å²) in [4.78, 5) is 15.2. The maximum absolute atomic E-state index is 9.27. The van der Waals surface area contributed by atoms with Crippen molar-refractivity contribution in [1.29, 1.82) is 5.26 Å². The number of ether oxygens (including phenoxy) is 1. The molecule has 2 aromatic heterocycles. The lowest BCUT2D eigenvalue weighted by molar-refractivity contribution is 0.414. The van der Waals surface area contributed by atoms with Crippen molar-refractivity contribution in [3.63, 3.8) is 0 Å². The molecule has 9 heteroatoms. The monoisotopic (exact) mass is 459 g/mol. The average molecular weight is 460 g/mol. The van der Waals surface area contributed by atoms with Crippen LogP contribution < -0.4 is 9.54 Å². The number of amidine groups is 1. The zero-order valence-electron chi connectivity index (χ0n) is 17.4. The molecule has 0 unspecified atom stereocenters. The number of nitriles is 1. The largest absolute Gasteiger partial charge is 0.496 e. The molecular formula is C21H22ClN5OS2. The van der Waals surface area contributed by atoms with E-state index in [0.29, 0.717) is 22.9 Å². The number of benzene rings is 1. The Bertz CT molecular complexity index is 1190. The van der Waals surface area contributed by atoms with Crippen LogP contribution in [0.1, 0.15) is 41.9 Å². The molecule has 0 radical (unpaired) electrons. The van der Waals surface area contributed by atoms with Gasteiger partial charge in [0.15, 0.2) is 10.6 Å². The SMILES string of the molecule is COc1ccc(Cl)cc1C(=NC#N)/N=c1\sc(C(C)(C)C)cn1Cc1csc(C)n1. The van der Waals surface area contributed by atoms with Crippen LogP contribution in [0.5, 0.6) is 5.75 Å². The zero-order chi connectivity index (χ0) is 21.9. The molecule has 156 valence electrons. The predicted octanol–water partition coefficient (Wildman–Crippen LogP) is 5.15. The van der Waals surface area contributed by atoms with Gasteiger partial charge in [-0.2, -0.15) is 15.2 Å². The second-order valence-electron chi connectivity index (χ2n) is 7.61. The molecule has 6 nitrogen and oxygen atoms in total. The average Bonchev–Trinajstić information content (AvgIpc) is 3.27. The fourth-order valence-electron chi connectivity index (χ4n) is 2.72. The molecule has 0 spiro atoms. The van der Waals surface area contributed by atoms with Gasteiger partial charge in [0.1, 0.15) is 5.75 Å². The normalized spacial score (nSPS) is 12.8. The summed E-state index contributed by atoms with van der Waals surface area (Å²) in [6.45, 7) is 9.04. The molecule has 3 aromatic rings. The van der Waals surface area contributed by atoms with Crippen LogP contribution in [0.3, 0.4) is 0 Å². The summed E-state index contributed by atoms with van der Waals surface area (Å²) in [5.41, 5.74) is 1.49. The molecule has 0 bridgehead atoms. The van der Waals surface area contributed by atoms with E-state index >= 15 is 0 Å². The third-order valence-electron chi connectivity index (χ3n) is 4.22. The molecule has 0 atom stereocenters. The van der Waals surface area contributed by atoms with Crippen LogP contribution in [-0.4, -0.2) is 22.5 Å². The minimum Gasteiger partial charge on any atom is -0.496 e. The quantitative estimate of drug-likeness (QED) is 0.307. The Hall–Kier alpha value is -2.47. The lowest BCUT2D eigenvalue weighted by Crippen LogP contribution is -2.18. The van der Waals surface area contributed by atoms with E-state index in [9.17, 15) is 5.26 Å².